The summed E-state index contributed by atoms with van der Waals surface area (Å²) in [6.07, 6.45) is 3.54. The van der Waals surface area contributed by atoms with Crippen LogP contribution in [0.1, 0.15) is 54.8 Å². The van der Waals surface area contributed by atoms with E-state index in [0.717, 1.165) is 6.42 Å². The maximum Gasteiger partial charge on any atom is 0.343 e. The van der Waals surface area contributed by atoms with Crippen LogP contribution in [0.4, 0.5) is 0 Å². The number of carbonyl (C=O) groups is 1. The first-order valence-corrected chi connectivity index (χ1v) is 9.67. The van der Waals surface area contributed by atoms with Gasteiger partial charge in [0.05, 0.1) is 7.11 Å². The van der Waals surface area contributed by atoms with E-state index in [1.807, 2.05) is 12.1 Å². The molecule has 1 N–H and O–H groups in total. The van der Waals surface area contributed by atoms with Crippen molar-refractivity contribution < 1.29 is 14.3 Å². The Balaban J connectivity index is 1.52. The molecule has 0 amide bonds. The average molecular weight is 367 g/mol. The largest absolute Gasteiger partial charge is 0.482 e. The Labute approximate surface area is 161 Å². The summed E-state index contributed by atoms with van der Waals surface area (Å²) in [6, 6.07) is 17.7. The highest BCUT2D eigenvalue weighted by Crippen LogP contribution is 2.36. The van der Waals surface area contributed by atoms with Crippen LogP contribution in [-0.2, 0) is 9.53 Å². The molecule has 2 aromatic carbocycles. The molecule has 27 heavy (non-hydrogen) atoms. The van der Waals surface area contributed by atoms with Crippen molar-refractivity contribution in [3.8, 4) is 5.75 Å². The molecule has 0 radical (unpaired) electrons. The standard InChI is InChI=1S/C23H29NO3/c1-16-5-4-6-19(13-16)17(2)24-21-10-7-20(14-21)18-8-11-22(12-9-18)27-15-23(25)26-3/h4-6,8-9,11-13,17,20-21,24H,7,10,14-15H2,1-3H3/t17-,20-,21?/m1/s1. The molecule has 1 saturated carbocycles. The zero-order valence-corrected chi connectivity index (χ0v) is 16.4. The second-order valence-corrected chi connectivity index (χ2v) is 7.44. The van der Waals surface area contributed by atoms with Crippen LogP contribution in [0.15, 0.2) is 48.5 Å². The number of ether oxygens (including phenoxy) is 2. The fraction of sp³-hybridized carbons (Fsp3) is 0.435. The van der Waals surface area contributed by atoms with E-state index in [0.29, 0.717) is 23.8 Å². The molecule has 2 aromatic rings. The Bertz CT molecular complexity index is 756. The van der Waals surface area contributed by atoms with Crippen molar-refractivity contribution in [1.29, 1.82) is 0 Å². The third-order valence-corrected chi connectivity index (χ3v) is 5.40. The van der Waals surface area contributed by atoms with Crippen LogP contribution in [0, 0.1) is 6.92 Å². The number of methoxy groups -OCH3 is 1. The summed E-state index contributed by atoms with van der Waals surface area (Å²) in [6.45, 7) is 4.33. The highest BCUT2D eigenvalue weighted by Gasteiger charge is 2.27. The summed E-state index contributed by atoms with van der Waals surface area (Å²) in [5, 5.41) is 3.80. The summed E-state index contributed by atoms with van der Waals surface area (Å²) in [4.78, 5) is 11.2. The molecule has 0 heterocycles. The molecule has 4 heteroatoms. The highest BCUT2D eigenvalue weighted by atomic mass is 16.6. The van der Waals surface area contributed by atoms with Crippen LogP contribution in [0.25, 0.3) is 0 Å². The van der Waals surface area contributed by atoms with E-state index in [1.54, 1.807) is 0 Å². The quantitative estimate of drug-likeness (QED) is 0.730. The van der Waals surface area contributed by atoms with E-state index in [1.165, 1.54) is 36.6 Å². The number of esters is 1. The molecule has 0 bridgehead atoms. The monoisotopic (exact) mass is 367 g/mol. The van der Waals surface area contributed by atoms with Gasteiger partial charge >= 0.3 is 5.97 Å². The van der Waals surface area contributed by atoms with Gasteiger partial charge in [0, 0.05) is 12.1 Å². The minimum Gasteiger partial charge on any atom is -0.482 e. The Morgan fingerprint density at radius 1 is 1.19 bits per heavy atom. The lowest BCUT2D eigenvalue weighted by molar-refractivity contribution is -0.142. The van der Waals surface area contributed by atoms with Gasteiger partial charge in [-0.15, -0.1) is 0 Å². The van der Waals surface area contributed by atoms with Crippen LogP contribution < -0.4 is 10.1 Å². The maximum absolute atomic E-state index is 11.2. The van der Waals surface area contributed by atoms with Gasteiger partial charge in [-0.25, -0.2) is 4.79 Å². The molecule has 3 atom stereocenters. The van der Waals surface area contributed by atoms with Crippen LogP contribution in [0.3, 0.4) is 0 Å². The Morgan fingerprint density at radius 2 is 1.96 bits per heavy atom. The minimum atomic E-state index is -0.369. The van der Waals surface area contributed by atoms with Crippen LogP contribution in [0.2, 0.25) is 0 Å². The van der Waals surface area contributed by atoms with Crippen molar-refractivity contribution in [2.75, 3.05) is 13.7 Å². The van der Waals surface area contributed by atoms with Crippen LogP contribution >= 0.6 is 0 Å². The van der Waals surface area contributed by atoms with Crippen LogP contribution in [-0.4, -0.2) is 25.7 Å². The average Bonchev–Trinajstić information content (AvgIpc) is 3.15. The van der Waals surface area contributed by atoms with E-state index in [9.17, 15) is 4.79 Å². The number of rotatable bonds is 7. The number of benzene rings is 2. The van der Waals surface area contributed by atoms with E-state index < -0.39 is 0 Å². The van der Waals surface area contributed by atoms with Gasteiger partial charge < -0.3 is 14.8 Å². The van der Waals surface area contributed by atoms with E-state index >= 15 is 0 Å². The number of carbonyl (C=O) groups excluding carboxylic acids is 1. The molecule has 1 fully saturated rings. The second kappa shape index (κ2) is 9.05. The fourth-order valence-corrected chi connectivity index (χ4v) is 3.86. The zero-order chi connectivity index (χ0) is 19.2. The summed E-state index contributed by atoms with van der Waals surface area (Å²) < 4.78 is 10.0. The third-order valence-electron chi connectivity index (χ3n) is 5.40. The van der Waals surface area contributed by atoms with Crippen LogP contribution in [0.5, 0.6) is 5.75 Å². The second-order valence-electron chi connectivity index (χ2n) is 7.44. The Kier molecular flexibility index (Phi) is 6.51. The summed E-state index contributed by atoms with van der Waals surface area (Å²) in [7, 11) is 1.36. The van der Waals surface area contributed by atoms with Gasteiger partial charge in [0.1, 0.15) is 5.75 Å². The molecular formula is C23H29NO3. The smallest absolute Gasteiger partial charge is 0.343 e. The number of hydrogen-bond donors (Lipinski definition) is 1. The van der Waals surface area contributed by atoms with Gasteiger partial charge in [0.15, 0.2) is 6.61 Å². The van der Waals surface area contributed by atoms with Gasteiger partial charge in [-0.05, 0) is 62.3 Å². The van der Waals surface area contributed by atoms with Crippen molar-refractivity contribution in [1.82, 2.24) is 5.32 Å². The normalized spacial score (nSPS) is 20.3. The maximum atomic E-state index is 11.2. The lowest BCUT2D eigenvalue weighted by atomic mass is 9.97. The fourth-order valence-electron chi connectivity index (χ4n) is 3.86. The molecular weight excluding hydrogens is 338 g/mol. The first-order chi connectivity index (χ1) is 13.0. The van der Waals surface area contributed by atoms with E-state index in [4.69, 9.17) is 4.74 Å². The molecule has 3 rings (SSSR count). The van der Waals surface area contributed by atoms with E-state index in [2.05, 4.69) is 60.3 Å². The van der Waals surface area contributed by atoms with Crippen molar-refractivity contribution in [2.45, 2.75) is 51.1 Å². The SMILES string of the molecule is COC(=O)COc1ccc([C@@H]2CCC(N[C@H](C)c3cccc(C)c3)C2)cc1. The summed E-state index contributed by atoms with van der Waals surface area (Å²) >= 11 is 0. The molecule has 1 aliphatic rings. The molecule has 1 aliphatic carbocycles. The third kappa shape index (κ3) is 5.33. The Hall–Kier alpha value is -2.33. The molecule has 0 spiro atoms. The number of nitrogens with one attached hydrogen (secondary N) is 1. The van der Waals surface area contributed by atoms with Crippen molar-refractivity contribution in [3.63, 3.8) is 0 Å². The van der Waals surface area contributed by atoms with Gasteiger partial charge in [0.25, 0.3) is 0 Å². The zero-order valence-electron chi connectivity index (χ0n) is 16.4. The van der Waals surface area contributed by atoms with Crippen molar-refractivity contribution >= 4 is 5.97 Å². The van der Waals surface area contributed by atoms with Gasteiger partial charge in [0.2, 0.25) is 0 Å². The first kappa shape index (κ1) is 19.4. The van der Waals surface area contributed by atoms with E-state index in [-0.39, 0.29) is 12.6 Å². The predicted octanol–water partition coefficient (Wildman–Crippen LogP) is 4.53. The topological polar surface area (TPSA) is 47.6 Å². The number of hydrogen-bond acceptors (Lipinski definition) is 4. The molecule has 0 saturated heterocycles. The molecule has 1 unspecified atom stereocenters. The molecule has 4 nitrogen and oxygen atoms in total. The van der Waals surface area contributed by atoms with Gasteiger partial charge in [-0.1, -0.05) is 42.0 Å². The van der Waals surface area contributed by atoms with Gasteiger partial charge in [-0.2, -0.15) is 0 Å². The molecule has 0 aliphatic heterocycles. The van der Waals surface area contributed by atoms with Crippen molar-refractivity contribution in [3.05, 3.63) is 65.2 Å². The highest BCUT2D eigenvalue weighted by molar-refractivity contribution is 5.70. The lowest BCUT2D eigenvalue weighted by Gasteiger charge is -2.20. The number of aryl methyl sites for hydroxylation is 1. The molecule has 0 aromatic heterocycles. The molecule has 144 valence electrons. The minimum absolute atomic E-state index is 0.0535. The van der Waals surface area contributed by atoms with Gasteiger partial charge in [-0.3, -0.25) is 0 Å². The lowest BCUT2D eigenvalue weighted by Crippen LogP contribution is -2.29. The Morgan fingerprint density at radius 3 is 2.67 bits per heavy atom. The summed E-state index contributed by atoms with van der Waals surface area (Å²) in [5.41, 5.74) is 4.00. The predicted molar refractivity (Wildman–Crippen MR) is 107 cm³/mol. The summed E-state index contributed by atoms with van der Waals surface area (Å²) in [5.74, 6) is 0.901. The first-order valence-electron chi connectivity index (χ1n) is 9.67. The van der Waals surface area contributed by atoms with Crippen molar-refractivity contribution in [2.24, 2.45) is 0 Å².